The zero-order valence-corrected chi connectivity index (χ0v) is 43.3. The van der Waals surface area contributed by atoms with E-state index in [0.717, 1.165) is 83.5 Å². The molecule has 0 saturated carbocycles. The number of hydrogen-bond donors (Lipinski definition) is 0. The van der Waals surface area contributed by atoms with Gasteiger partial charge < -0.3 is 14.2 Å². The third kappa shape index (κ3) is 52.2. The van der Waals surface area contributed by atoms with Gasteiger partial charge in [0.15, 0.2) is 6.10 Å². The molecule has 0 heterocycles. The molecular weight excluding hydrogens is 805 g/mol. The molecule has 1 atom stereocenters. The predicted molar refractivity (Wildman–Crippen MR) is 279 cm³/mol. The lowest BCUT2D eigenvalue weighted by Crippen LogP contribution is -2.30. The van der Waals surface area contributed by atoms with E-state index in [1.54, 1.807) is 0 Å². The number of rotatable bonds is 51. The summed E-state index contributed by atoms with van der Waals surface area (Å²) in [6.45, 7) is 6.58. The van der Waals surface area contributed by atoms with Gasteiger partial charge in [0.1, 0.15) is 13.2 Å². The van der Waals surface area contributed by atoms with Gasteiger partial charge in [0.2, 0.25) is 0 Å². The minimum Gasteiger partial charge on any atom is -0.462 e. The average molecular weight is 911 g/mol. The van der Waals surface area contributed by atoms with Crippen LogP contribution in [0.1, 0.15) is 290 Å². The topological polar surface area (TPSA) is 78.9 Å². The van der Waals surface area contributed by atoms with Crippen LogP contribution in [0.5, 0.6) is 0 Å². The summed E-state index contributed by atoms with van der Waals surface area (Å²) in [5.41, 5.74) is 0. The van der Waals surface area contributed by atoms with E-state index in [4.69, 9.17) is 14.2 Å². The summed E-state index contributed by atoms with van der Waals surface area (Å²) in [6, 6.07) is 0. The van der Waals surface area contributed by atoms with Crippen LogP contribution in [0.2, 0.25) is 0 Å². The Bertz CT molecular complexity index is 1140. The zero-order chi connectivity index (χ0) is 47.2. The molecule has 0 spiro atoms. The van der Waals surface area contributed by atoms with Crippen LogP contribution in [0.15, 0.2) is 48.6 Å². The first-order valence-corrected chi connectivity index (χ1v) is 28.1. The second-order valence-corrected chi connectivity index (χ2v) is 18.8. The second-order valence-electron chi connectivity index (χ2n) is 18.8. The zero-order valence-electron chi connectivity index (χ0n) is 43.3. The van der Waals surface area contributed by atoms with E-state index >= 15 is 0 Å². The maximum absolute atomic E-state index is 12.7. The molecule has 0 aromatic rings. The highest BCUT2D eigenvalue weighted by Gasteiger charge is 2.19. The second kappa shape index (κ2) is 54.0. The summed E-state index contributed by atoms with van der Waals surface area (Å²) < 4.78 is 16.8. The Labute approximate surface area is 403 Å². The summed E-state index contributed by atoms with van der Waals surface area (Å²) in [7, 11) is 0. The van der Waals surface area contributed by atoms with Gasteiger partial charge in [-0.15, -0.1) is 0 Å². The van der Waals surface area contributed by atoms with Gasteiger partial charge in [-0.1, -0.05) is 236 Å². The summed E-state index contributed by atoms with van der Waals surface area (Å²) in [4.78, 5) is 37.9. The van der Waals surface area contributed by atoms with Gasteiger partial charge in [-0.3, -0.25) is 14.4 Å². The van der Waals surface area contributed by atoms with Gasteiger partial charge in [0.25, 0.3) is 0 Å². The number of hydrogen-bond acceptors (Lipinski definition) is 6. The van der Waals surface area contributed by atoms with E-state index in [2.05, 4.69) is 69.4 Å². The molecule has 378 valence electrons. The van der Waals surface area contributed by atoms with Crippen molar-refractivity contribution in [3.05, 3.63) is 48.6 Å². The Morgan fingerprint density at radius 2 is 0.554 bits per heavy atom. The van der Waals surface area contributed by atoms with Crippen molar-refractivity contribution >= 4 is 17.9 Å². The average Bonchev–Trinajstić information content (AvgIpc) is 3.30. The van der Waals surface area contributed by atoms with E-state index in [1.165, 1.54) is 167 Å². The smallest absolute Gasteiger partial charge is 0.306 e. The van der Waals surface area contributed by atoms with Crippen molar-refractivity contribution in [1.29, 1.82) is 0 Å². The van der Waals surface area contributed by atoms with Crippen molar-refractivity contribution in [2.24, 2.45) is 0 Å². The van der Waals surface area contributed by atoms with E-state index in [9.17, 15) is 14.4 Å². The molecule has 0 amide bonds. The van der Waals surface area contributed by atoms with Crippen molar-refractivity contribution in [1.82, 2.24) is 0 Å². The first-order valence-electron chi connectivity index (χ1n) is 28.1. The van der Waals surface area contributed by atoms with Crippen molar-refractivity contribution in [2.45, 2.75) is 297 Å². The lowest BCUT2D eigenvalue weighted by atomic mass is 10.0. The summed E-state index contributed by atoms with van der Waals surface area (Å²) in [5.74, 6) is -0.882. The SMILES string of the molecule is CCCCC/C=C\CCCCCCCC(=O)OC(COC(=O)CCCCCCCCCC)COC(=O)CCCCCCCCCCCCCC/C=C\C/C=C\C/C=C\CCCCCCC. The molecule has 0 rings (SSSR count). The van der Waals surface area contributed by atoms with Crippen LogP contribution in [-0.4, -0.2) is 37.2 Å². The predicted octanol–water partition coefficient (Wildman–Crippen LogP) is 18.7. The Morgan fingerprint density at radius 1 is 0.308 bits per heavy atom. The van der Waals surface area contributed by atoms with Gasteiger partial charge in [0.05, 0.1) is 0 Å². The number of unbranched alkanes of at least 4 members (excludes halogenated alkanes) is 32. The minimum absolute atomic E-state index is 0.0747. The standard InChI is InChI=1S/C59H106O6/c1-4-7-10-13-16-19-21-23-24-25-26-27-28-29-30-31-32-33-34-35-36-37-39-40-43-46-49-52-58(61)64-55-56(54-63-57(60)51-48-45-42-18-15-12-9-6-3)65-59(62)53-50-47-44-41-38-22-20-17-14-11-8-5-2/h17,20-21,23,25-26,28-29,56H,4-16,18-19,22,24,27,30-55H2,1-3H3/b20-17-,23-21-,26-25-,29-28-. The maximum atomic E-state index is 12.7. The van der Waals surface area contributed by atoms with Crippen LogP contribution in [0.3, 0.4) is 0 Å². The molecular formula is C59H106O6. The molecule has 0 radical (unpaired) electrons. The molecule has 0 fully saturated rings. The molecule has 0 aromatic carbocycles. The lowest BCUT2D eigenvalue weighted by molar-refractivity contribution is -0.167. The highest BCUT2D eigenvalue weighted by atomic mass is 16.6. The van der Waals surface area contributed by atoms with Crippen molar-refractivity contribution in [2.75, 3.05) is 13.2 Å². The van der Waals surface area contributed by atoms with E-state index in [0.29, 0.717) is 19.3 Å². The maximum Gasteiger partial charge on any atom is 0.306 e. The molecule has 0 aliphatic rings. The molecule has 1 unspecified atom stereocenters. The summed E-state index contributed by atoms with van der Waals surface area (Å²) in [5, 5.41) is 0. The third-order valence-electron chi connectivity index (χ3n) is 12.3. The molecule has 0 aromatic heterocycles. The molecule has 0 aliphatic carbocycles. The first-order chi connectivity index (χ1) is 32.0. The molecule has 6 nitrogen and oxygen atoms in total. The molecule has 6 heteroatoms. The van der Waals surface area contributed by atoms with Gasteiger partial charge in [-0.25, -0.2) is 0 Å². The lowest BCUT2D eigenvalue weighted by Gasteiger charge is -2.18. The van der Waals surface area contributed by atoms with E-state index in [-0.39, 0.29) is 31.1 Å². The molecule has 0 aliphatic heterocycles. The normalized spacial score (nSPS) is 12.4. The Hall–Kier alpha value is -2.63. The number of esters is 3. The molecule has 0 N–H and O–H groups in total. The monoisotopic (exact) mass is 911 g/mol. The molecule has 0 bridgehead atoms. The Balaban J connectivity index is 4.11. The van der Waals surface area contributed by atoms with Crippen LogP contribution in [0.25, 0.3) is 0 Å². The number of ether oxygens (including phenoxy) is 3. The first kappa shape index (κ1) is 62.4. The van der Waals surface area contributed by atoms with Crippen LogP contribution in [0, 0.1) is 0 Å². The number of carbonyl (C=O) groups is 3. The number of allylic oxidation sites excluding steroid dienone is 8. The Kier molecular flexibility index (Phi) is 51.8. The van der Waals surface area contributed by atoms with Gasteiger partial charge in [-0.2, -0.15) is 0 Å². The third-order valence-corrected chi connectivity index (χ3v) is 12.3. The summed E-state index contributed by atoms with van der Waals surface area (Å²) >= 11 is 0. The highest BCUT2D eigenvalue weighted by molar-refractivity contribution is 5.71. The van der Waals surface area contributed by atoms with Gasteiger partial charge >= 0.3 is 17.9 Å². The molecule has 65 heavy (non-hydrogen) atoms. The van der Waals surface area contributed by atoms with Crippen molar-refractivity contribution in [3.8, 4) is 0 Å². The van der Waals surface area contributed by atoms with Gasteiger partial charge in [0, 0.05) is 19.3 Å². The molecule has 0 saturated heterocycles. The largest absolute Gasteiger partial charge is 0.462 e. The van der Waals surface area contributed by atoms with Gasteiger partial charge in [-0.05, 0) is 83.5 Å². The fourth-order valence-electron chi connectivity index (χ4n) is 8.03. The Morgan fingerprint density at radius 3 is 0.908 bits per heavy atom. The van der Waals surface area contributed by atoms with E-state index < -0.39 is 6.10 Å². The summed E-state index contributed by atoms with van der Waals surface area (Å²) in [6.07, 6.45) is 65.5. The number of carbonyl (C=O) groups excluding carboxylic acids is 3. The minimum atomic E-state index is -0.773. The van der Waals surface area contributed by atoms with Crippen LogP contribution >= 0.6 is 0 Å². The fourth-order valence-corrected chi connectivity index (χ4v) is 8.03. The van der Waals surface area contributed by atoms with Crippen LogP contribution < -0.4 is 0 Å². The highest BCUT2D eigenvalue weighted by Crippen LogP contribution is 2.15. The van der Waals surface area contributed by atoms with Crippen molar-refractivity contribution in [3.63, 3.8) is 0 Å². The van der Waals surface area contributed by atoms with Crippen LogP contribution in [0.4, 0.5) is 0 Å². The quantitative estimate of drug-likeness (QED) is 0.0262. The fraction of sp³-hybridized carbons (Fsp3) is 0.814. The van der Waals surface area contributed by atoms with Crippen LogP contribution in [-0.2, 0) is 28.6 Å². The van der Waals surface area contributed by atoms with Crippen molar-refractivity contribution < 1.29 is 28.6 Å². The van der Waals surface area contributed by atoms with E-state index in [1.807, 2.05) is 0 Å².